The molecule has 0 amide bonds. The van der Waals surface area contributed by atoms with Gasteiger partial charge in [0.15, 0.2) is 0 Å². The van der Waals surface area contributed by atoms with E-state index in [9.17, 15) is 19.5 Å². The van der Waals surface area contributed by atoms with Crippen molar-refractivity contribution >= 4 is 17.9 Å². The number of hydrogen-bond acceptors (Lipinski definition) is 7. The van der Waals surface area contributed by atoms with E-state index >= 15 is 0 Å². The van der Waals surface area contributed by atoms with Gasteiger partial charge in [-0.15, -0.1) is 0 Å². The highest BCUT2D eigenvalue weighted by molar-refractivity contribution is 5.69. The highest BCUT2D eigenvalue weighted by atomic mass is 16.6. The molecule has 0 heterocycles. The van der Waals surface area contributed by atoms with Gasteiger partial charge in [-0.2, -0.15) is 0 Å². The molecule has 4 aliphatic rings. The number of aliphatic hydroxyl groups is 1. The monoisotopic (exact) mass is 506 g/mol. The van der Waals surface area contributed by atoms with E-state index < -0.39 is 12.2 Å². The minimum atomic E-state index is -0.767. The van der Waals surface area contributed by atoms with Gasteiger partial charge in [0.1, 0.15) is 12.2 Å². The predicted molar refractivity (Wildman–Crippen MR) is 134 cm³/mol. The Morgan fingerprint density at radius 1 is 0.917 bits per heavy atom. The first-order valence-corrected chi connectivity index (χ1v) is 14.0. The van der Waals surface area contributed by atoms with Crippen LogP contribution in [0.1, 0.15) is 92.4 Å². The molecule has 4 rings (SSSR count). The SMILES string of the molecule is COC(=O)CC[C@@H](C)[C@H]1CC[C@H]2[C@@H]3[C@@H](OC(C)=O)[C@@H](O)[C@@H]4C[C@H](OC(C)=O)CC[C@]4(C)[C@H]3CC[C@]12C. The van der Waals surface area contributed by atoms with Crippen LogP contribution in [0, 0.1) is 46.3 Å². The van der Waals surface area contributed by atoms with Crippen LogP contribution in [0.2, 0.25) is 0 Å². The van der Waals surface area contributed by atoms with Crippen LogP contribution in [0.4, 0.5) is 0 Å². The van der Waals surface area contributed by atoms with E-state index in [4.69, 9.17) is 14.2 Å². The Kier molecular flexibility index (Phi) is 7.81. The molecule has 0 saturated heterocycles. The first-order valence-electron chi connectivity index (χ1n) is 14.0. The molecule has 7 nitrogen and oxygen atoms in total. The summed E-state index contributed by atoms with van der Waals surface area (Å²) >= 11 is 0. The molecule has 0 aromatic carbocycles. The highest BCUT2D eigenvalue weighted by Gasteiger charge is 2.66. The van der Waals surface area contributed by atoms with Crippen LogP contribution in [0.25, 0.3) is 0 Å². The van der Waals surface area contributed by atoms with Crippen LogP contribution in [-0.4, -0.2) is 48.4 Å². The third kappa shape index (κ3) is 4.69. The Balaban J connectivity index is 1.62. The number of methoxy groups -OCH3 is 1. The number of aliphatic hydroxyl groups excluding tert-OH is 1. The summed E-state index contributed by atoms with van der Waals surface area (Å²) in [5.74, 6) is 0.887. The third-order valence-electron chi connectivity index (χ3n) is 11.1. The maximum absolute atomic E-state index is 12.3. The number of fused-ring (bicyclic) bond motifs is 5. The van der Waals surface area contributed by atoms with Gasteiger partial charge in [-0.05, 0) is 91.8 Å². The van der Waals surface area contributed by atoms with Crippen LogP contribution >= 0.6 is 0 Å². The first-order chi connectivity index (χ1) is 16.9. The van der Waals surface area contributed by atoms with E-state index in [0.29, 0.717) is 36.5 Å². The Hall–Kier alpha value is -1.63. The molecule has 7 heteroatoms. The number of esters is 3. The minimum Gasteiger partial charge on any atom is -0.469 e. The van der Waals surface area contributed by atoms with E-state index in [1.165, 1.54) is 21.0 Å². The van der Waals surface area contributed by atoms with Gasteiger partial charge in [0.2, 0.25) is 0 Å². The number of carbonyl (C=O) groups excluding carboxylic acids is 3. The van der Waals surface area contributed by atoms with Crippen molar-refractivity contribution < 1.29 is 33.7 Å². The van der Waals surface area contributed by atoms with Crippen molar-refractivity contribution in [3.05, 3.63) is 0 Å². The quantitative estimate of drug-likeness (QED) is 0.412. The molecule has 4 saturated carbocycles. The van der Waals surface area contributed by atoms with Gasteiger partial charge in [-0.3, -0.25) is 14.4 Å². The minimum absolute atomic E-state index is 0.0678. The zero-order valence-corrected chi connectivity index (χ0v) is 23.0. The number of carbonyl (C=O) groups is 3. The average molecular weight is 507 g/mol. The van der Waals surface area contributed by atoms with Crippen LogP contribution < -0.4 is 0 Å². The lowest BCUT2D eigenvalue weighted by Gasteiger charge is -2.64. The second-order valence-electron chi connectivity index (χ2n) is 12.8. The van der Waals surface area contributed by atoms with E-state index in [-0.39, 0.29) is 46.7 Å². The Bertz CT molecular complexity index is 857. The first kappa shape index (κ1) is 27.4. The van der Waals surface area contributed by atoms with Crippen molar-refractivity contribution in [1.29, 1.82) is 0 Å². The van der Waals surface area contributed by atoms with E-state index in [0.717, 1.165) is 44.9 Å². The van der Waals surface area contributed by atoms with Crippen molar-refractivity contribution in [3.63, 3.8) is 0 Å². The van der Waals surface area contributed by atoms with Crippen LogP contribution in [0.3, 0.4) is 0 Å². The molecular weight excluding hydrogens is 460 g/mol. The molecule has 0 unspecified atom stereocenters. The number of rotatable bonds is 6. The summed E-state index contributed by atoms with van der Waals surface area (Å²) in [6.07, 6.45) is 6.44. The molecule has 4 aliphatic carbocycles. The predicted octanol–water partition coefficient (Wildman–Crippen LogP) is 4.68. The maximum Gasteiger partial charge on any atom is 0.305 e. The standard InChI is InChI=1S/C29H46O7/c1-16(7-10-24(32)34-6)20-8-9-21-25-22(12-14-28(20,21)4)29(5)13-11-19(35-17(2)30)15-23(29)26(33)27(25)36-18(3)31/h16,19-23,25-27,33H,7-15H2,1-6H3/t16-,19-,20-,21+,22+,23+,25+,26+,27-,28-,29-/m1/s1. The lowest BCUT2D eigenvalue weighted by Crippen LogP contribution is -2.65. The van der Waals surface area contributed by atoms with Gasteiger partial charge >= 0.3 is 17.9 Å². The van der Waals surface area contributed by atoms with Gasteiger partial charge in [-0.1, -0.05) is 20.8 Å². The van der Waals surface area contributed by atoms with Gasteiger partial charge < -0.3 is 19.3 Å². The average Bonchev–Trinajstić information content (AvgIpc) is 3.17. The molecule has 0 spiro atoms. The second-order valence-corrected chi connectivity index (χ2v) is 12.8. The smallest absolute Gasteiger partial charge is 0.305 e. The van der Waals surface area contributed by atoms with Gasteiger partial charge in [0.25, 0.3) is 0 Å². The normalized spacial score (nSPS) is 44.4. The summed E-state index contributed by atoms with van der Waals surface area (Å²) in [6.45, 7) is 9.87. The molecule has 0 aromatic heterocycles. The molecular formula is C29H46O7. The van der Waals surface area contributed by atoms with Gasteiger partial charge in [-0.25, -0.2) is 0 Å². The molecule has 0 aromatic rings. The highest BCUT2D eigenvalue weighted by Crippen LogP contribution is 2.68. The van der Waals surface area contributed by atoms with Crippen LogP contribution in [0.5, 0.6) is 0 Å². The van der Waals surface area contributed by atoms with Crippen LogP contribution in [-0.2, 0) is 28.6 Å². The Morgan fingerprint density at radius 2 is 1.56 bits per heavy atom. The zero-order chi connectivity index (χ0) is 26.4. The topological polar surface area (TPSA) is 99.1 Å². The molecule has 204 valence electrons. The molecule has 4 fully saturated rings. The zero-order valence-electron chi connectivity index (χ0n) is 23.0. The Labute approximate surface area is 216 Å². The third-order valence-corrected chi connectivity index (χ3v) is 11.1. The lowest BCUT2D eigenvalue weighted by atomic mass is 9.43. The van der Waals surface area contributed by atoms with Crippen molar-refractivity contribution in [2.45, 2.75) is 111 Å². The summed E-state index contributed by atoms with van der Waals surface area (Å²) in [5, 5.41) is 11.8. The van der Waals surface area contributed by atoms with Crippen molar-refractivity contribution in [2.24, 2.45) is 46.3 Å². The van der Waals surface area contributed by atoms with Crippen molar-refractivity contribution in [3.8, 4) is 0 Å². The number of ether oxygens (including phenoxy) is 3. The van der Waals surface area contributed by atoms with E-state index in [1.807, 2.05) is 0 Å². The molecule has 11 atom stereocenters. The second kappa shape index (κ2) is 10.3. The maximum atomic E-state index is 12.3. The largest absolute Gasteiger partial charge is 0.469 e. The lowest BCUT2D eigenvalue weighted by molar-refractivity contribution is -0.235. The van der Waals surface area contributed by atoms with Crippen molar-refractivity contribution in [1.82, 2.24) is 0 Å². The fourth-order valence-electron chi connectivity index (χ4n) is 9.50. The van der Waals surface area contributed by atoms with Crippen molar-refractivity contribution in [2.75, 3.05) is 7.11 Å². The molecule has 0 bridgehead atoms. The summed E-state index contributed by atoms with van der Waals surface area (Å²) in [6, 6.07) is 0. The van der Waals surface area contributed by atoms with Gasteiger partial charge in [0.05, 0.1) is 13.2 Å². The molecule has 0 radical (unpaired) electrons. The summed E-state index contributed by atoms with van der Waals surface area (Å²) in [7, 11) is 1.44. The van der Waals surface area contributed by atoms with Gasteiger partial charge in [0, 0.05) is 26.2 Å². The molecule has 0 aliphatic heterocycles. The summed E-state index contributed by atoms with van der Waals surface area (Å²) < 4.78 is 16.4. The molecule has 36 heavy (non-hydrogen) atoms. The fraction of sp³-hybridized carbons (Fsp3) is 0.897. The summed E-state index contributed by atoms with van der Waals surface area (Å²) in [5.41, 5.74) is 0.0141. The van der Waals surface area contributed by atoms with E-state index in [1.54, 1.807) is 0 Å². The number of hydrogen-bond donors (Lipinski definition) is 1. The summed E-state index contributed by atoms with van der Waals surface area (Å²) in [4.78, 5) is 35.7. The van der Waals surface area contributed by atoms with E-state index in [2.05, 4.69) is 20.8 Å². The van der Waals surface area contributed by atoms with Crippen LogP contribution in [0.15, 0.2) is 0 Å². The Morgan fingerprint density at radius 3 is 2.19 bits per heavy atom. The molecule has 1 N–H and O–H groups in total. The fourth-order valence-corrected chi connectivity index (χ4v) is 9.50.